The van der Waals surface area contributed by atoms with Gasteiger partial charge < -0.3 is 10.1 Å². The zero-order chi connectivity index (χ0) is 28.3. The first-order valence-corrected chi connectivity index (χ1v) is 14.5. The van der Waals surface area contributed by atoms with Crippen molar-refractivity contribution in [2.45, 2.75) is 44.7 Å². The van der Waals surface area contributed by atoms with Crippen LogP contribution in [0.2, 0.25) is 0 Å². The van der Waals surface area contributed by atoms with Crippen molar-refractivity contribution in [2.24, 2.45) is 0 Å². The lowest BCUT2D eigenvalue weighted by Crippen LogP contribution is -2.56. The minimum Gasteiger partial charge on any atom is -0.463 e. The van der Waals surface area contributed by atoms with Gasteiger partial charge in [0.1, 0.15) is 5.82 Å². The number of amides is 2. The average molecular weight is 559 g/mol. The molecule has 0 radical (unpaired) electrons. The monoisotopic (exact) mass is 558 g/mol. The molecule has 2 aromatic rings. The van der Waals surface area contributed by atoms with Crippen LogP contribution in [0.1, 0.15) is 37.9 Å². The standard InChI is InChI=1S/C28H35FN4O5S/c1-5-32-24(25(27(34)38-6-2)26(30-28(32)35)21-8-7-9-22(29)16-21)18-31-14-15-33(20(4)17-31)39(36,37)23-12-10-19(3)11-13-23/h7-13,16,20,26H,5-6,14-15,17-18H2,1-4H3,(H,30,35). The number of piperazine rings is 1. The third-order valence-electron chi connectivity index (χ3n) is 7.08. The molecular formula is C28H35FN4O5S. The predicted octanol–water partition coefficient (Wildman–Crippen LogP) is 3.43. The fourth-order valence-electron chi connectivity index (χ4n) is 5.17. The third-order valence-corrected chi connectivity index (χ3v) is 9.11. The Balaban J connectivity index is 1.65. The van der Waals surface area contributed by atoms with Crippen molar-refractivity contribution in [1.29, 1.82) is 0 Å². The molecule has 2 heterocycles. The molecule has 2 unspecified atom stereocenters. The molecule has 2 aromatic carbocycles. The highest BCUT2D eigenvalue weighted by molar-refractivity contribution is 7.89. The Labute approximate surface area is 229 Å². The van der Waals surface area contributed by atoms with Crippen LogP contribution in [0.15, 0.2) is 64.7 Å². The van der Waals surface area contributed by atoms with Crippen LogP contribution in [0.5, 0.6) is 0 Å². The average Bonchev–Trinajstić information content (AvgIpc) is 2.89. The number of likely N-dealkylation sites (N-methyl/N-ethyl adjacent to an activating group) is 1. The summed E-state index contributed by atoms with van der Waals surface area (Å²) in [6.07, 6.45) is 0. The lowest BCUT2D eigenvalue weighted by atomic mass is 9.94. The fourth-order valence-corrected chi connectivity index (χ4v) is 6.78. The number of rotatable bonds is 8. The number of ether oxygens (including phenoxy) is 1. The summed E-state index contributed by atoms with van der Waals surface area (Å²) >= 11 is 0. The van der Waals surface area contributed by atoms with E-state index in [1.54, 1.807) is 44.2 Å². The van der Waals surface area contributed by atoms with E-state index in [1.807, 2.05) is 18.7 Å². The zero-order valence-electron chi connectivity index (χ0n) is 22.7. The number of esters is 1. The van der Waals surface area contributed by atoms with Gasteiger partial charge >= 0.3 is 12.0 Å². The van der Waals surface area contributed by atoms with Crippen LogP contribution in [0.25, 0.3) is 0 Å². The lowest BCUT2D eigenvalue weighted by Gasteiger charge is -2.42. The van der Waals surface area contributed by atoms with Crippen molar-refractivity contribution in [3.8, 4) is 0 Å². The molecule has 9 nitrogen and oxygen atoms in total. The molecule has 0 aromatic heterocycles. The van der Waals surface area contributed by atoms with Gasteiger partial charge in [0.15, 0.2) is 0 Å². The molecular weight excluding hydrogens is 523 g/mol. The molecule has 39 heavy (non-hydrogen) atoms. The molecule has 2 amide bonds. The van der Waals surface area contributed by atoms with Gasteiger partial charge in [0.2, 0.25) is 10.0 Å². The summed E-state index contributed by atoms with van der Waals surface area (Å²) in [6, 6.07) is 10.9. The Morgan fingerprint density at radius 3 is 2.46 bits per heavy atom. The molecule has 1 N–H and O–H groups in total. The van der Waals surface area contributed by atoms with Gasteiger partial charge in [-0.1, -0.05) is 29.8 Å². The first kappa shape index (κ1) is 28.7. The number of aryl methyl sites for hydroxylation is 1. The number of hydrogen-bond acceptors (Lipinski definition) is 6. The summed E-state index contributed by atoms with van der Waals surface area (Å²) < 4.78 is 47.6. The van der Waals surface area contributed by atoms with Crippen LogP contribution in [0.4, 0.5) is 9.18 Å². The first-order chi connectivity index (χ1) is 18.6. The summed E-state index contributed by atoms with van der Waals surface area (Å²) in [6.45, 7) is 8.97. The van der Waals surface area contributed by atoms with Gasteiger partial charge in [-0.3, -0.25) is 9.80 Å². The number of carbonyl (C=O) groups is 2. The van der Waals surface area contributed by atoms with Crippen molar-refractivity contribution in [2.75, 3.05) is 39.3 Å². The van der Waals surface area contributed by atoms with Gasteiger partial charge in [-0.25, -0.2) is 22.4 Å². The summed E-state index contributed by atoms with van der Waals surface area (Å²) in [5.41, 5.74) is 2.12. The minimum absolute atomic E-state index is 0.137. The van der Waals surface area contributed by atoms with Crippen LogP contribution >= 0.6 is 0 Å². The van der Waals surface area contributed by atoms with Crippen LogP contribution in [0, 0.1) is 12.7 Å². The second-order valence-electron chi connectivity index (χ2n) is 9.78. The van der Waals surface area contributed by atoms with Crippen LogP contribution in [-0.2, 0) is 19.6 Å². The quantitative estimate of drug-likeness (QED) is 0.499. The number of urea groups is 1. The molecule has 4 rings (SSSR count). The first-order valence-electron chi connectivity index (χ1n) is 13.1. The molecule has 0 aliphatic carbocycles. The molecule has 2 aliphatic heterocycles. The van der Waals surface area contributed by atoms with Crippen molar-refractivity contribution in [1.82, 2.24) is 19.4 Å². The van der Waals surface area contributed by atoms with Gasteiger partial charge in [-0.2, -0.15) is 4.31 Å². The Kier molecular flexibility index (Phi) is 8.73. The van der Waals surface area contributed by atoms with Gasteiger partial charge in [-0.05, 0) is 57.5 Å². The smallest absolute Gasteiger partial charge is 0.338 e. The van der Waals surface area contributed by atoms with Crippen LogP contribution < -0.4 is 5.32 Å². The van der Waals surface area contributed by atoms with E-state index in [4.69, 9.17) is 4.74 Å². The van der Waals surface area contributed by atoms with Crippen LogP contribution in [0.3, 0.4) is 0 Å². The van der Waals surface area contributed by atoms with Crippen molar-refractivity contribution in [3.63, 3.8) is 0 Å². The number of carbonyl (C=O) groups excluding carboxylic acids is 2. The second-order valence-corrected chi connectivity index (χ2v) is 11.7. The molecule has 0 spiro atoms. The number of benzene rings is 2. The fraction of sp³-hybridized carbons (Fsp3) is 0.429. The summed E-state index contributed by atoms with van der Waals surface area (Å²) in [7, 11) is -3.68. The van der Waals surface area contributed by atoms with E-state index in [1.165, 1.54) is 27.4 Å². The molecule has 0 saturated carbocycles. The molecule has 1 fully saturated rings. The molecule has 210 valence electrons. The van der Waals surface area contributed by atoms with Crippen LogP contribution in [-0.4, -0.2) is 79.9 Å². The largest absolute Gasteiger partial charge is 0.463 e. The van der Waals surface area contributed by atoms with E-state index in [0.717, 1.165) is 5.56 Å². The van der Waals surface area contributed by atoms with E-state index in [-0.39, 0.29) is 36.2 Å². The van der Waals surface area contributed by atoms with E-state index in [2.05, 4.69) is 5.32 Å². The topological polar surface area (TPSA) is 99.3 Å². The maximum absolute atomic E-state index is 14.1. The SMILES string of the molecule is CCOC(=O)C1=C(CN2CCN(S(=O)(=O)c3ccc(C)cc3)C(C)C2)N(CC)C(=O)NC1c1cccc(F)c1. The number of hydrogen-bond donors (Lipinski definition) is 1. The Morgan fingerprint density at radius 1 is 1.13 bits per heavy atom. The van der Waals surface area contributed by atoms with Crippen molar-refractivity contribution >= 4 is 22.0 Å². The summed E-state index contributed by atoms with van der Waals surface area (Å²) in [4.78, 5) is 30.2. The van der Waals surface area contributed by atoms with E-state index >= 15 is 0 Å². The van der Waals surface area contributed by atoms with Crippen molar-refractivity contribution < 1.29 is 27.1 Å². The highest BCUT2D eigenvalue weighted by Crippen LogP contribution is 2.33. The number of nitrogens with zero attached hydrogens (tertiary/aromatic N) is 3. The molecule has 2 atom stereocenters. The van der Waals surface area contributed by atoms with Crippen molar-refractivity contribution in [3.05, 3.63) is 76.7 Å². The minimum atomic E-state index is -3.68. The second kappa shape index (κ2) is 11.8. The Hall–Kier alpha value is -3.28. The Bertz CT molecular complexity index is 1360. The molecule has 0 bridgehead atoms. The highest BCUT2D eigenvalue weighted by Gasteiger charge is 2.40. The van der Waals surface area contributed by atoms with E-state index < -0.39 is 33.9 Å². The van der Waals surface area contributed by atoms with Gasteiger partial charge in [0.05, 0.1) is 23.1 Å². The van der Waals surface area contributed by atoms with Gasteiger partial charge in [0.25, 0.3) is 0 Å². The third kappa shape index (κ3) is 6.00. The van der Waals surface area contributed by atoms with Gasteiger partial charge in [0, 0.05) is 44.5 Å². The summed E-state index contributed by atoms with van der Waals surface area (Å²) in [5, 5.41) is 2.83. The maximum Gasteiger partial charge on any atom is 0.338 e. The predicted molar refractivity (Wildman–Crippen MR) is 145 cm³/mol. The molecule has 1 saturated heterocycles. The normalized spacial score (nSPS) is 21.2. The molecule has 2 aliphatic rings. The number of nitrogens with one attached hydrogen (secondary N) is 1. The zero-order valence-corrected chi connectivity index (χ0v) is 23.5. The van der Waals surface area contributed by atoms with E-state index in [0.29, 0.717) is 30.9 Å². The Morgan fingerprint density at radius 2 is 1.85 bits per heavy atom. The summed E-state index contributed by atoms with van der Waals surface area (Å²) in [5.74, 6) is -1.07. The van der Waals surface area contributed by atoms with E-state index in [9.17, 15) is 22.4 Å². The molecule has 11 heteroatoms. The number of halogens is 1. The van der Waals surface area contributed by atoms with Gasteiger partial charge in [-0.15, -0.1) is 0 Å². The number of sulfonamides is 1. The lowest BCUT2D eigenvalue weighted by molar-refractivity contribution is -0.139. The highest BCUT2D eigenvalue weighted by atomic mass is 32.2. The maximum atomic E-state index is 14.1.